The number of benzene rings is 4. The number of phenolic OH excluding ortho intramolecular Hbond substituents is 1. The zero-order valence-corrected chi connectivity index (χ0v) is 24.1. The van der Waals surface area contributed by atoms with Gasteiger partial charge in [0.15, 0.2) is 11.5 Å². The van der Waals surface area contributed by atoms with E-state index in [9.17, 15) is 5.11 Å². The normalized spacial score (nSPS) is 11.8. The number of rotatable bonds is 9. The molecule has 5 rings (SSSR count). The number of aromatic hydroxyl groups is 1. The Bertz CT molecular complexity index is 1600. The SMILES string of the molecule is COc1cc2c(Nc3ccc(O[Si](c4ccccc4)(c4ccccc4)C(C)(C)CCl)cc3F)ncnc2cc1O. The third kappa shape index (κ3) is 4.96. The van der Waals surface area contributed by atoms with Crippen LogP contribution in [0.4, 0.5) is 15.9 Å². The van der Waals surface area contributed by atoms with Crippen LogP contribution in [0.5, 0.6) is 17.2 Å². The Labute approximate surface area is 238 Å². The van der Waals surface area contributed by atoms with Gasteiger partial charge in [0.05, 0.1) is 18.3 Å². The summed E-state index contributed by atoms with van der Waals surface area (Å²) in [6.45, 7) is 4.20. The quantitative estimate of drug-likeness (QED) is 0.157. The maximum atomic E-state index is 15.6. The fraction of sp³-hybridized carbons (Fsp3) is 0.161. The van der Waals surface area contributed by atoms with Crippen molar-refractivity contribution in [2.24, 2.45) is 0 Å². The second-order valence-electron chi connectivity index (χ2n) is 10.1. The molecular weight excluding hydrogens is 545 g/mol. The second-order valence-corrected chi connectivity index (χ2v) is 14.4. The molecule has 0 aliphatic carbocycles. The number of hydrogen-bond donors (Lipinski definition) is 2. The molecule has 0 saturated carbocycles. The number of ether oxygens (including phenoxy) is 1. The Morgan fingerprint density at radius 3 is 2.15 bits per heavy atom. The number of alkyl halides is 1. The lowest BCUT2D eigenvalue weighted by Gasteiger charge is -2.44. The third-order valence-electron chi connectivity index (χ3n) is 7.05. The maximum Gasteiger partial charge on any atom is 0.321 e. The van der Waals surface area contributed by atoms with Gasteiger partial charge in [-0.1, -0.05) is 74.5 Å². The number of fused-ring (bicyclic) bond motifs is 1. The first-order valence-electron chi connectivity index (χ1n) is 12.7. The average molecular weight is 574 g/mol. The van der Waals surface area contributed by atoms with Crippen LogP contribution in [0.2, 0.25) is 5.04 Å². The number of hydrogen-bond acceptors (Lipinski definition) is 6. The van der Waals surface area contributed by atoms with Crippen molar-refractivity contribution in [3.05, 3.63) is 103 Å². The number of anilines is 2. The summed E-state index contributed by atoms with van der Waals surface area (Å²) < 4.78 is 27.8. The van der Waals surface area contributed by atoms with E-state index < -0.39 is 19.2 Å². The summed E-state index contributed by atoms with van der Waals surface area (Å²) in [5, 5.41) is 15.4. The van der Waals surface area contributed by atoms with Gasteiger partial charge >= 0.3 is 8.32 Å². The smallest absolute Gasteiger partial charge is 0.321 e. The van der Waals surface area contributed by atoms with Crippen molar-refractivity contribution in [2.45, 2.75) is 18.9 Å². The first-order chi connectivity index (χ1) is 19.3. The molecule has 0 aliphatic rings. The minimum Gasteiger partial charge on any atom is -0.534 e. The van der Waals surface area contributed by atoms with Crippen molar-refractivity contribution in [1.29, 1.82) is 0 Å². The van der Waals surface area contributed by atoms with Crippen LogP contribution in [0.25, 0.3) is 10.9 Å². The Morgan fingerprint density at radius 2 is 1.57 bits per heavy atom. The van der Waals surface area contributed by atoms with Crippen molar-refractivity contribution in [3.8, 4) is 17.2 Å². The topological polar surface area (TPSA) is 76.5 Å². The molecule has 204 valence electrons. The average Bonchev–Trinajstić information content (AvgIpc) is 2.97. The van der Waals surface area contributed by atoms with E-state index in [1.807, 2.05) is 36.4 Å². The minimum atomic E-state index is -3.06. The van der Waals surface area contributed by atoms with Crippen LogP contribution >= 0.6 is 11.6 Å². The minimum absolute atomic E-state index is 0.0447. The predicted octanol–water partition coefficient (Wildman–Crippen LogP) is 6.38. The Balaban J connectivity index is 1.56. The molecule has 0 atom stereocenters. The molecule has 9 heteroatoms. The number of nitrogens with zero attached hydrogens (tertiary/aromatic N) is 2. The van der Waals surface area contributed by atoms with Gasteiger partial charge in [-0.2, -0.15) is 0 Å². The molecule has 1 heterocycles. The van der Waals surface area contributed by atoms with Gasteiger partial charge in [-0.05, 0) is 28.6 Å². The summed E-state index contributed by atoms with van der Waals surface area (Å²) in [7, 11) is -1.61. The summed E-state index contributed by atoms with van der Waals surface area (Å²) >= 11 is 6.60. The molecule has 4 aromatic carbocycles. The molecule has 0 radical (unpaired) electrons. The zero-order chi connectivity index (χ0) is 28.3. The molecule has 6 nitrogen and oxygen atoms in total. The van der Waals surface area contributed by atoms with Crippen molar-refractivity contribution in [1.82, 2.24) is 9.97 Å². The highest BCUT2D eigenvalue weighted by molar-refractivity contribution is 7.00. The number of nitrogens with one attached hydrogen (secondary N) is 1. The van der Waals surface area contributed by atoms with Gasteiger partial charge in [-0.25, -0.2) is 14.4 Å². The molecule has 40 heavy (non-hydrogen) atoms. The highest BCUT2D eigenvalue weighted by Crippen LogP contribution is 2.40. The summed E-state index contributed by atoms with van der Waals surface area (Å²) in [6, 6.07) is 28.0. The van der Waals surface area contributed by atoms with Crippen LogP contribution in [-0.2, 0) is 0 Å². The van der Waals surface area contributed by atoms with Gasteiger partial charge in [0.25, 0.3) is 0 Å². The summed E-state index contributed by atoms with van der Waals surface area (Å²) in [4.78, 5) is 8.49. The van der Waals surface area contributed by atoms with E-state index in [1.54, 1.807) is 18.2 Å². The van der Waals surface area contributed by atoms with Crippen molar-refractivity contribution < 1.29 is 18.7 Å². The number of methoxy groups -OCH3 is 1. The van der Waals surface area contributed by atoms with E-state index in [1.165, 1.54) is 25.6 Å². The molecule has 0 spiro atoms. The van der Waals surface area contributed by atoms with Crippen LogP contribution in [0, 0.1) is 5.82 Å². The molecule has 5 aromatic rings. The first-order valence-corrected chi connectivity index (χ1v) is 15.2. The van der Waals surface area contributed by atoms with Gasteiger partial charge in [-0.3, -0.25) is 0 Å². The zero-order valence-electron chi connectivity index (χ0n) is 22.4. The van der Waals surface area contributed by atoms with E-state index >= 15 is 4.39 Å². The van der Waals surface area contributed by atoms with Gasteiger partial charge in [0, 0.05) is 28.4 Å². The van der Waals surface area contributed by atoms with E-state index in [4.69, 9.17) is 20.8 Å². The summed E-state index contributed by atoms with van der Waals surface area (Å²) in [5.74, 6) is 0.834. The Morgan fingerprint density at radius 1 is 0.925 bits per heavy atom. The number of phenols is 1. The molecule has 0 aliphatic heterocycles. The summed E-state index contributed by atoms with van der Waals surface area (Å²) in [6.07, 6.45) is 1.35. The van der Waals surface area contributed by atoms with Gasteiger partial charge in [-0.15, -0.1) is 11.6 Å². The van der Waals surface area contributed by atoms with Crippen molar-refractivity contribution in [3.63, 3.8) is 0 Å². The number of aromatic nitrogens is 2. The lowest BCUT2D eigenvalue weighted by molar-refractivity contribution is 0.374. The van der Waals surface area contributed by atoms with E-state index in [-0.39, 0.29) is 17.2 Å². The fourth-order valence-corrected chi connectivity index (χ4v) is 9.91. The highest BCUT2D eigenvalue weighted by atomic mass is 35.5. The van der Waals surface area contributed by atoms with Crippen LogP contribution in [0.1, 0.15) is 13.8 Å². The molecule has 1 aromatic heterocycles. The van der Waals surface area contributed by atoms with E-state index in [2.05, 4.69) is 53.4 Å². The maximum absolute atomic E-state index is 15.6. The van der Waals surface area contributed by atoms with Crippen LogP contribution in [0.3, 0.4) is 0 Å². The Hall–Kier alpha value is -4.14. The predicted molar refractivity (Wildman–Crippen MR) is 161 cm³/mol. The van der Waals surface area contributed by atoms with Crippen LogP contribution in [0.15, 0.2) is 97.3 Å². The lowest BCUT2D eigenvalue weighted by Crippen LogP contribution is -2.70. The molecule has 0 bridgehead atoms. The standard InChI is InChI=1S/C31H29ClFN3O3Si/c1-31(2,19-32)40(22-10-6-4-7-11-22,23-12-8-5-9-13-23)39-21-14-15-26(25(33)16-21)36-30-24-17-29(38-3)28(37)18-27(24)34-20-35-30/h4-18,20,37H,19H2,1-3H3,(H,34,35,36). The molecule has 0 fully saturated rings. The third-order valence-corrected chi connectivity index (χ3v) is 12.9. The highest BCUT2D eigenvalue weighted by Gasteiger charge is 2.54. The molecule has 0 saturated heterocycles. The van der Waals surface area contributed by atoms with E-state index in [0.29, 0.717) is 28.4 Å². The summed E-state index contributed by atoms with van der Waals surface area (Å²) in [5.41, 5.74) is 0.698. The van der Waals surface area contributed by atoms with Gasteiger partial charge < -0.3 is 19.6 Å². The lowest BCUT2D eigenvalue weighted by atomic mass is 10.2. The van der Waals surface area contributed by atoms with Crippen LogP contribution < -0.4 is 24.9 Å². The van der Waals surface area contributed by atoms with Crippen molar-refractivity contribution in [2.75, 3.05) is 18.3 Å². The largest absolute Gasteiger partial charge is 0.534 e. The monoisotopic (exact) mass is 573 g/mol. The van der Waals surface area contributed by atoms with Crippen molar-refractivity contribution >= 4 is 52.7 Å². The fourth-order valence-electron chi connectivity index (χ4n) is 4.94. The number of halogens is 2. The second kappa shape index (κ2) is 11.2. The first kappa shape index (κ1) is 27.4. The van der Waals surface area contributed by atoms with Crippen LogP contribution in [-0.4, -0.2) is 36.4 Å². The molecule has 2 N–H and O–H groups in total. The Kier molecular flexibility index (Phi) is 7.65. The molecule has 0 unspecified atom stereocenters. The molecular formula is C31H29ClFN3O3Si. The van der Waals surface area contributed by atoms with E-state index in [0.717, 1.165) is 10.4 Å². The van der Waals surface area contributed by atoms with Gasteiger partial charge in [0.2, 0.25) is 0 Å². The molecule has 0 amide bonds. The van der Waals surface area contributed by atoms with Gasteiger partial charge in [0.1, 0.15) is 23.7 Å².